The molecular weight excluding hydrogens is 209 g/mol. The molecule has 2 rings (SSSR count). The summed E-state index contributed by atoms with van der Waals surface area (Å²) in [5.74, 6) is 0.368. The summed E-state index contributed by atoms with van der Waals surface area (Å²) in [6.07, 6.45) is 0. The van der Waals surface area contributed by atoms with Gasteiger partial charge in [0.2, 0.25) is 0 Å². The van der Waals surface area contributed by atoms with Gasteiger partial charge < -0.3 is 5.32 Å². The molecule has 0 unspecified atom stereocenters. The lowest BCUT2D eigenvalue weighted by Gasteiger charge is -2.06. The summed E-state index contributed by atoms with van der Waals surface area (Å²) in [6, 6.07) is 4.59. The number of aryl methyl sites for hydroxylation is 2. The molecular formula is C10H12FN5. The van der Waals surface area contributed by atoms with Crippen LogP contribution in [0.1, 0.15) is 11.4 Å². The van der Waals surface area contributed by atoms with E-state index < -0.39 is 0 Å². The molecule has 0 atom stereocenters. The molecule has 16 heavy (non-hydrogen) atoms. The molecule has 1 aromatic carbocycles. The summed E-state index contributed by atoms with van der Waals surface area (Å²) in [7, 11) is 1.71. The molecule has 6 heteroatoms. The first-order valence-corrected chi connectivity index (χ1v) is 4.88. The third-order valence-electron chi connectivity index (χ3n) is 2.18. The van der Waals surface area contributed by atoms with Gasteiger partial charge in [-0.1, -0.05) is 0 Å². The van der Waals surface area contributed by atoms with Crippen LogP contribution in [0.4, 0.5) is 10.1 Å². The van der Waals surface area contributed by atoms with Gasteiger partial charge in [-0.3, -0.25) is 0 Å². The predicted molar refractivity (Wildman–Crippen MR) is 57.3 cm³/mol. The van der Waals surface area contributed by atoms with Gasteiger partial charge in [0.15, 0.2) is 5.82 Å². The van der Waals surface area contributed by atoms with Crippen molar-refractivity contribution < 1.29 is 4.39 Å². The van der Waals surface area contributed by atoms with Crippen molar-refractivity contribution in [3.05, 3.63) is 35.4 Å². The Morgan fingerprint density at radius 3 is 2.88 bits per heavy atom. The number of aromatic nitrogens is 4. The molecule has 0 aliphatic heterocycles. The Bertz CT molecular complexity index is 494. The number of anilines is 1. The van der Waals surface area contributed by atoms with Gasteiger partial charge in [-0.2, -0.15) is 4.80 Å². The second-order valence-electron chi connectivity index (χ2n) is 3.51. The number of tetrazole rings is 1. The zero-order valence-electron chi connectivity index (χ0n) is 9.11. The lowest BCUT2D eigenvalue weighted by Crippen LogP contribution is -2.03. The van der Waals surface area contributed by atoms with Gasteiger partial charge >= 0.3 is 0 Å². The molecule has 0 aliphatic carbocycles. The Kier molecular flexibility index (Phi) is 2.80. The summed E-state index contributed by atoms with van der Waals surface area (Å²) < 4.78 is 12.8. The zero-order valence-corrected chi connectivity index (χ0v) is 9.11. The molecule has 1 aromatic heterocycles. The van der Waals surface area contributed by atoms with Crippen molar-refractivity contribution in [1.82, 2.24) is 20.2 Å². The smallest absolute Gasteiger partial charge is 0.193 e. The second-order valence-corrected chi connectivity index (χ2v) is 3.51. The average Bonchev–Trinajstić information content (AvgIpc) is 2.63. The SMILES string of the molecule is Cc1cc(F)ccc1NCc1nnn(C)n1. The van der Waals surface area contributed by atoms with Gasteiger partial charge in [0.1, 0.15) is 5.82 Å². The maximum Gasteiger partial charge on any atom is 0.193 e. The molecule has 0 spiro atoms. The van der Waals surface area contributed by atoms with Crippen molar-refractivity contribution in [3.8, 4) is 0 Å². The van der Waals surface area contributed by atoms with E-state index in [-0.39, 0.29) is 5.82 Å². The third-order valence-corrected chi connectivity index (χ3v) is 2.18. The highest BCUT2D eigenvalue weighted by atomic mass is 19.1. The Morgan fingerprint density at radius 2 is 2.25 bits per heavy atom. The average molecular weight is 221 g/mol. The molecule has 0 aliphatic rings. The van der Waals surface area contributed by atoms with E-state index in [0.717, 1.165) is 11.3 Å². The van der Waals surface area contributed by atoms with E-state index in [0.29, 0.717) is 12.4 Å². The molecule has 0 saturated heterocycles. The molecule has 2 aromatic rings. The first-order chi connectivity index (χ1) is 7.65. The minimum atomic E-state index is -0.235. The number of hydrogen-bond acceptors (Lipinski definition) is 4. The highest BCUT2D eigenvalue weighted by Crippen LogP contribution is 2.15. The first-order valence-electron chi connectivity index (χ1n) is 4.88. The molecule has 1 N–H and O–H groups in total. The van der Waals surface area contributed by atoms with E-state index in [1.54, 1.807) is 13.1 Å². The minimum absolute atomic E-state index is 0.235. The molecule has 0 bridgehead atoms. The number of nitrogens with zero attached hydrogens (tertiary/aromatic N) is 4. The summed E-state index contributed by atoms with van der Waals surface area (Å²) in [5.41, 5.74) is 1.72. The van der Waals surface area contributed by atoms with Crippen LogP contribution < -0.4 is 5.32 Å². The van der Waals surface area contributed by atoms with Gasteiger partial charge in [-0.15, -0.1) is 10.2 Å². The van der Waals surface area contributed by atoms with Crippen LogP contribution in [-0.2, 0) is 13.6 Å². The highest BCUT2D eigenvalue weighted by molar-refractivity contribution is 5.50. The van der Waals surface area contributed by atoms with Gasteiger partial charge in [0.05, 0.1) is 13.6 Å². The van der Waals surface area contributed by atoms with Crippen LogP contribution in [0.15, 0.2) is 18.2 Å². The van der Waals surface area contributed by atoms with Gasteiger partial charge in [-0.25, -0.2) is 4.39 Å². The fourth-order valence-corrected chi connectivity index (χ4v) is 1.39. The zero-order chi connectivity index (χ0) is 11.5. The van der Waals surface area contributed by atoms with E-state index in [2.05, 4.69) is 20.7 Å². The molecule has 5 nitrogen and oxygen atoms in total. The van der Waals surface area contributed by atoms with E-state index in [1.165, 1.54) is 16.9 Å². The predicted octanol–water partition coefficient (Wildman–Crippen LogP) is 1.27. The van der Waals surface area contributed by atoms with Crippen LogP contribution in [-0.4, -0.2) is 20.2 Å². The summed E-state index contributed by atoms with van der Waals surface area (Å²) in [5, 5.41) is 14.7. The van der Waals surface area contributed by atoms with Gasteiger partial charge in [-0.05, 0) is 35.9 Å². The molecule has 1 heterocycles. The van der Waals surface area contributed by atoms with Crippen molar-refractivity contribution in [2.75, 3.05) is 5.32 Å². The lowest BCUT2D eigenvalue weighted by atomic mass is 10.2. The number of benzene rings is 1. The van der Waals surface area contributed by atoms with Gasteiger partial charge in [0, 0.05) is 5.69 Å². The van der Waals surface area contributed by atoms with Crippen LogP contribution in [0.5, 0.6) is 0 Å². The number of rotatable bonds is 3. The molecule has 0 radical (unpaired) electrons. The number of halogens is 1. The molecule has 0 fully saturated rings. The third kappa shape index (κ3) is 2.33. The van der Waals surface area contributed by atoms with Crippen LogP contribution in [0.2, 0.25) is 0 Å². The van der Waals surface area contributed by atoms with Crippen molar-refractivity contribution >= 4 is 5.69 Å². The fourth-order valence-electron chi connectivity index (χ4n) is 1.39. The van der Waals surface area contributed by atoms with Crippen molar-refractivity contribution in [1.29, 1.82) is 0 Å². The highest BCUT2D eigenvalue weighted by Gasteiger charge is 2.02. The van der Waals surface area contributed by atoms with E-state index in [1.807, 2.05) is 6.92 Å². The molecule has 84 valence electrons. The lowest BCUT2D eigenvalue weighted by molar-refractivity contribution is 0.626. The Labute approximate surface area is 92.3 Å². The van der Waals surface area contributed by atoms with E-state index >= 15 is 0 Å². The largest absolute Gasteiger partial charge is 0.377 e. The molecule has 0 amide bonds. The van der Waals surface area contributed by atoms with Crippen molar-refractivity contribution in [2.24, 2.45) is 7.05 Å². The maximum absolute atomic E-state index is 12.8. The Balaban J connectivity index is 2.04. The maximum atomic E-state index is 12.8. The van der Waals surface area contributed by atoms with Crippen molar-refractivity contribution in [2.45, 2.75) is 13.5 Å². The summed E-state index contributed by atoms with van der Waals surface area (Å²) in [6.45, 7) is 2.32. The fraction of sp³-hybridized carbons (Fsp3) is 0.300. The Morgan fingerprint density at radius 1 is 1.44 bits per heavy atom. The monoisotopic (exact) mass is 221 g/mol. The quantitative estimate of drug-likeness (QED) is 0.848. The minimum Gasteiger partial charge on any atom is -0.377 e. The van der Waals surface area contributed by atoms with E-state index in [9.17, 15) is 4.39 Å². The summed E-state index contributed by atoms with van der Waals surface area (Å²) in [4.78, 5) is 1.40. The number of nitrogens with one attached hydrogen (secondary N) is 1. The Hall–Kier alpha value is -1.98. The van der Waals surface area contributed by atoms with Crippen LogP contribution in [0.3, 0.4) is 0 Å². The first kappa shape index (κ1) is 10.5. The molecule has 0 saturated carbocycles. The van der Waals surface area contributed by atoms with Crippen LogP contribution in [0.25, 0.3) is 0 Å². The van der Waals surface area contributed by atoms with Crippen LogP contribution >= 0.6 is 0 Å². The topological polar surface area (TPSA) is 55.6 Å². The summed E-state index contributed by atoms with van der Waals surface area (Å²) >= 11 is 0. The van der Waals surface area contributed by atoms with Gasteiger partial charge in [0.25, 0.3) is 0 Å². The standard InChI is InChI=1S/C10H12FN5/c1-7-5-8(11)3-4-9(7)12-6-10-13-15-16(2)14-10/h3-5,12H,6H2,1-2H3. The van der Waals surface area contributed by atoms with Crippen molar-refractivity contribution in [3.63, 3.8) is 0 Å². The number of hydrogen-bond donors (Lipinski definition) is 1. The van der Waals surface area contributed by atoms with E-state index in [4.69, 9.17) is 0 Å². The normalized spacial score (nSPS) is 10.4. The van der Waals surface area contributed by atoms with Crippen LogP contribution in [0, 0.1) is 12.7 Å². The second kappa shape index (κ2) is 4.26.